The van der Waals surface area contributed by atoms with E-state index in [2.05, 4.69) is 35.3 Å². The van der Waals surface area contributed by atoms with E-state index in [4.69, 9.17) is 9.85 Å². The third kappa shape index (κ3) is 4.13. The van der Waals surface area contributed by atoms with Crippen LogP contribution in [0.15, 0.2) is 30.6 Å². The van der Waals surface area contributed by atoms with E-state index in [1.54, 1.807) is 32.0 Å². The molecule has 9 nitrogen and oxygen atoms in total. The minimum absolute atomic E-state index is 0.0359. The molecule has 0 saturated carbocycles. The van der Waals surface area contributed by atoms with Crippen LogP contribution in [0.4, 0.5) is 25.1 Å². The first-order valence-corrected chi connectivity index (χ1v) is 9.22. The van der Waals surface area contributed by atoms with Crippen LogP contribution in [-0.2, 0) is 13.2 Å². The van der Waals surface area contributed by atoms with Gasteiger partial charge in [-0.15, -0.1) is 0 Å². The molecule has 0 saturated heterocycles. The second-order valence-electron chi connectivity index (χ2n) is 7.22. The number of halogens is 3. The number of anilines is 2. The Bertz CT molecular complexity index is 1330. The molecule has 0 aliphatic rings. The highest BCUT2D eigenvalue weighted by molar-refractivity contribution is 5.83. The molecule has 0 bridgehead atoms. The molecule has 12 heteroatoms. The summed E-state index contributed by atoms with van der Waals surface area (Å²) < 4.78 is 62.7. The zero-order valence-electron chi connectivity index (χ0n) is 19.4. The number of nitrogens with two attached hydrogens (primary N) is 1. The Morgan fingerprint density at radius 3 is 2.68 bits per heavy atom. The van der Waals surface area contributed by atoms with Crippen LogP contribution in [0.1, 0.15) is 35.5 Å². The van der Waals surface area contributed by atoms with E-state index in [0.717, 1.165) is 10.9 Å². The van der Waals surface area contributed by atoms with Gasteiger partial charge in [-0.3, -0.25) is 4.68 Å². The summed E-state index contributed by atoms with van der Waals surface area (Å²) in [6.45, 7) is 1.14. The number of nitrogens with zero attached hydrogens (tertiary/aromatic N) is 6. The highest BCUT2D eigenvalue weighted by Crippen LogP contribution is 2.30. The molecule has 1 aromatic carbocycles. The number of alkyl halides is 3. The van der Waals surface area contributed by atoms with Crippen molar-refractivity contribution in [2.75, 3.05) is 11.1 Å². The summed E-state index contributed by atoms with van der Waals surface area (Å²) in [7, 11) is 0. The van der Waals surface area contributed by atoms with Crippen LogP contribution in [0.3, 0.4) is 0 Å². The topological polar surface area (TPSA) is 123 Å². The first-order valence-electron chi connectivity index (χ1n) is 10.7. The van der Waals surface area contributed by atoms with Gasteiger partial charge in [0.05, 0.1) is 29.6 Å². The van der Waals surface area contributed by atoms with Crippen LogP contribution < -0.4 is 11.1 Å². The van der Waals surface area contributed by atoms with Crippen molar-refractivity contribution in [1.82, 2.24) is 34.7 Å². The molecule has 4 N–H and O–H groups in total. The Hall–Kier alpha value is -3.70. The Balaban J connectivity index is 1.70. The normalized spacial score (nSPS) is 15.0. The molecule has 0 aliphatic heterocycles. The standard InChI is InChI=1S/C19H20F3N9/c1-9(2)14(12-8-24-16(26-12)19(20,21)22)27-18-29-15(28-17(23)30-18)10-4-5-11-7-25-31(3)13(11)6-10/h4-9,14H,1-3H3,(H,24,26)(H3,23,27,28,29,30)/i3D3. The quantitative estimate of drug-likeness (QED) is 0.439. The lowest BCUT2D eigenvalue weighted by molar-refractivity contribution is -0.144. The van der Waals surface area contributed by atoms with Crippen LogP contribution in [0, 0.1) is 5.92 Å². The molecule has 4 rings (SSSR count). The molecule has 0 aliphatic carbocycles. The minimum atomic E-state index is -4.61. The van der Waals surface area contributed by atoms with Crippen molar-refractivity contribution >= 4 is 22.8 Å². The van der Waals surface area contributed by atoms with Crippen molar-refractivity contribution in [2.45, 2.75) is 26.1 Å². The molecule has 162 valence electrons. The predicted molar refractivity (Wildman–Crippen MR) is 109 cm³/mol. The predicted octanol–water partition coefficient (Wildman–Crippen LogP) is 3.56. The molecule has 3 aromatic heterocycles. The van der Waals surface area contributed by atoms with E-state index in [1.165, 1.54) is 6.20 Å². The number of nitrogen functional groups attached to an aromatic ring is 1. The number of benzene rings is 1. The van der Waals surface area contributed by atoms with Gasteiger partial charge in [0.25, 0.3) is 0 Å². The van der Waals surface area contributed by atoms with Gasteiger partial charge in [-0.2, -0.15) is 33.2 Å². The van der Waals surface area contributed by atoms with Crippen LogP contribution in [0.2, 0.25) is 0 Å². The zero-order chi connectivity index (χ0) is 24.8. The van der Waals surface area contributed by atoms with Crippen molar-refractivity contribution in [2.24, 2.45) is 12.9 Å². The lowest BCUT2D eigenvalue weighted by Gasteiger charge is -2.21. The van der Waals surface area contributed by atoms with Crippen LogP contribution in [0.25, 0.3) is 22.3 Å². The van der Waals surface area contributed by atoms with Gasteiger partial charge in [-0.25, -0.2) is 4.98 Å². The number of hydrogen-bond acceptors (Lipinski definition) is 7. The van der Waals surface area contributed by atoms with E-state index >= 15 is 0 Å². The van der Waals surface area contributed by atoms with Gasteiger partial charge in [0, 0.05) is 22.0 Å². The second-order valence-corrected chi connectivity index (χ2v) is 7.22. The van der Waals surface area contributed by atoms with Crippen LogP contribution in [0.5, 0.6) is 0 Å². The number of imidazole rings is 1. The molecule has 3 heterocycles. The summed E-state index contributed by atoms with van der Waals surface area (Å²) in [6.07, 6.45) is -2.06. The number of nitrogens with one attached hydrogen (secondary N) is 2. The fraction of sp³-hybridized carbons (Fsp3) is 0.316. The minimum Gasteiger partial charge on any atom is -0.368 e. The molecular formula is C19H20F3N9. The molecule has 1 atom stereocenters. The number of rotatable bonds is 5. The lowest BCUT2D eigenvalue weighted by atomic mass is 10.0. The Kier molecular flexibility index (Phi) is 4.13. The van der Waals surface area contributed by atoms with E-state index < -0.39 is 25.0 Å². The Morgan fingerprint density at radius 2 is 2.00 bits per heavy atom. The molecule has 1 unspecified atom stereocenters. The third-order valence-corrected chi connectivity index (χ3v) is 4.63. The van der Waals surface area contributed by atoms with Gasteiger partial charge in [0.1, 0.15) is 0 Å². The summed E-state index contributed by atoms with van der Waals surface area (Å²) in [5.41, 5.74) is 6.87. The molecule has 4 aromatic rings. The van der Waals surface area contributed by atoms with Gasteiger partial charge in [0.15, 0.2) is 5.82 Å². The average molecular weight is 434 g/mol. The van der Waals surface area contributed by atoms with E-state index in [9.17, 15) is 13.2 Å². The molecule has 31 heavy (non-hydrogen) atoms. The number of hydrogen-bond donors (Lipinski definition) is 3. The summed E-state index contributed by atoms with van der Waals surface area (Å²) >= 11 is 0. The van der Waals surface area contributed by atoms with Crippen LogP contribution in [-0.4, -0.2) is 34.7 Å². The van der Waals surface area contributed by atoms with Gasteiger partial charge in [-0.1, -0.05) is 26.0 Å². The second kappa shape index (κ2) is 7.52. The van der Waals surface area contributed by atoms with Gasteiger partial charge in [0.2, 0.25) is 17.7 Å². The smallest absolute Gasteiger partial charge is 0.368 e. The van der Waals surface area contributed by atoms with Gasteiger partial charge < -0.3 is 16.0 Å². The zero-order valence-corrected chi connectivity index (χ0v) is 16.4. The monoisotopic (exact) mass is 434 g/mol. The fourth-order valence-electron chi connectivity index (χ4n) is 3.12. The maximum atomic E-state index is 13.0. The molecule has 0 radical (unpaired) electrons. The molecular weight excluding hydrogens is 411 g/mol. The number of fused-ring (bicyclic) bond motifs is 1. The van der Waals surface area contributed by atoms with Crippen molar-refractivity contribution in [3.63, 3.8) is 0 Å². The fourth-order valence-corrected chi connectivity index (χ4v) is 3.12. The number of aromatic amines is 1. The van der Waals surface area contributed by atoms with E-state index in [0.29, 0.717) is 16.5 Å². The number of aryl methyl sites for hydroxylation is 1. The summed E-state index contributed by atoms with van der Waals surface area (Å²) in [5.74, 6) is -1.22. The van der Waals surface area contributed by atoms with Crippen molar-refractivity contribution in [3.05, 3.63) is 42.1 Å². The number of aromatic nitrogens is 7. The largest absolute Gasteiger partial charge is 0.449 e. The molecule has 0 spiro atoms. The van der Waals surface area contributed by atoms with Gasteiger partial charge in [-0.05, 0) is 12.0 Å². The van der Waals surface area contributed by atoms with E-state index in [-0.39, 0.29) is 29.3 Å². The average Bonchev–Trinajstić information content (AvgIpc) is 3.37. The van der Waals surface area contributed by atoms with Crippen LogP contribution >= 0.6 is 0 Å². The maximum Gasteiger partial charge on any atom is 0.449 e. The SMILES string of the molecule is [2H]C([2H])([2H])n1ncc2ccc(-c3nc(N)nc(NC(c4cnc(C(F)(F)F)[nH]4)C(C)C)n3)cc21. The van der Waals surface area contributed by atoms with Crippen molar-refractivity contribution in [1.29, 1.82) is 0 Å². The maximum absolute atomic E-state index is 13.0. The highest BCUT2D eigenvalue weighted by atomic mass is 19.4. The number of H-pyrrole nitrogens is 1. The first kappa shape index (κ1) is 17.0. The van der Waals surface area contributed by atoms with Crippen molar-refractivity contribution < 1.29 is 17.3 Å². The lowest BCUT2D eigenvalue weighted by Crippen LogP contribution is -2.20. The Morgan fingerprint density at radius 1 is 1.19 bits per heavy atom. The summed E-state index contributed by atoms with van der Waals surface area (Å²) in [4.78, 5) is 18.2. The van der Waals surface area contributed by atoms with Gasteiger partial charge >= 0.3 is 6.18 Å². The first-order chi connectivity index (χ1) is 15.8. The molecule has 0 amide bonds. The van der Waals surface area contributed by atoms with E-state index in [1.807, 2.05) is 0 Å². The Labute approximate surface area is 179 Å². The third-order valence-electron chi connectivity index (χ3n) is 4.63. The van der Waals surface area contributed by atoms with Crippen molar-refractivity contribution in [3.8, 4) is 11.4 Å². The highest BCUT2D eigenvalue weighted by Gasteiger charge is 2.35. The molecule has 0 fully saturated rings. The summed E-state index contributed by atoms with van der Waals surface area (Å²) in [5, 5.41) is 7.52. The summed E-state index contributed by atoms with van der Waals surface area (Å²) in [6, 6.07) is 4.28.